The summed E-state index contributed by atoms with van der Waals surface area (Å²) in [6.45, 7) is 5.74. The van der Waals surface area contributed by atoms with Crippen LogP contribution in [-0.4, -0.2) is 32.0 Å². The Morgan fingerprint density at radius 3 is 2.24 bits per heavy atom. The molecule has 120 valence electrons. The van der Waals surface area contributed by atoms with E-state index in [1.54, 1.807) is 0 Å². The summed E-state index contributed by atoms with van der Waals surface area (Å²) in [5.41, 5.74) is 2.35. The lowest BCUT2D eigenvalue weighted by Crippen LogP contribution is -2.36. The highest BCUT2D eigenvalue weighted by molar-refractivity contribution is 5.25. The lowest BCUT2D eigenvalue weighted by atomic mass is 9.99. The van der Waals surface area contributed by atoms with Crippen molar-refractivity contribution in [3.8, 4) is 0 Å². The normalized spacial score (nSPS) is 13.7. The second-order valence-corrected chi connectivity index (χ2v) is 5.49. The first kappa shape index (κ1) is 18.0. The van der Waals surface area contributed by atoms with Crippen LogP contribution in [0.5, 0.6) is 0 Å². The molecule has 21 heavy (non-hydrogen) atoms. The van der Waals surface area contributed by atoms with Gasteiger partial charge < -0.3 is 10.1 Å². The minimum atomic E-state index is -4.27. The maximum atomic E-state index is 12.1. The van der Waals surface area contributed by atoms with Crippen LogP contribution < -0.4 is 5.32 Å². The molecule has 0 fully saturated rings. The zero-order valence-electron chi connectivity index (χ0n) is 12.8. The van der Waals surface area contributed by atoms with Gasteiger partial charge in [-0.15, -0.1) is 0 Å². The third kappa shape index (κ3) is 7.48. The van der Waals surface area contributed by atoms with Crippen molar-refractivity contribution in [2.75, 3.05) is 19.8 Å². The smallest absolute Gasteiger partial charge is 0.370 e. The van der Waals surface area contributed by atoms with E-state index in [4.69, 9.17) is 4.74 Å². The summed E-state index contributed by atoms with van der Waals surface area (Å²) >= 11 is 0. The van der Waals surface area contributed by atoms with Gasteiger partial charge in [0.25, 0.3) is 0 Å². The Morgan fingerprint density at radius 2 is 1.76 bits per heavy atom. The van der Waals surface area contributed by atoms with Crippen molar-refractivity contribution in [2.45, 2.75) is 45.3 Å². The molecular weight excluding hydrogens is 279 g/mol. The number of halogens is 3. The largest absolute Gasteiger partial charge is 0.411 e. The molecule has 1 atom stereocenters. The summed E-state index contributed by atoms with van der Waals surface area (Å²) in [5.74, 6) is 0.471. The minimum absolute atomic E-state index is 0.0548. The van der Waals surface area contributed by atoms with Crippen LogP contribution in [-0.2, 0) is 11.2 Å². The molecule has 0 bridgehead atoms. The Balaban J connectivity index is 2.53. The number of hydrogen-bond donors (Lipinski definition) is 1. The molecule has 1 aromatic rings. The van der Waals surface area contributed by atoms with Crippen LogP contribution in [0.2, 0.25) is 0 Å². The Kier molecular flexibility index (Phi) is 7.18. The molecular formula is C16H24F3NO. The van der Waals surface area contributed by atoms with E-state index >= 15 is 0 Å². The summed E-state index contributed by atoms with van der Waals surface area (Å²) in [4.78, 5) is 0. The van der Waals surface area contributed by atoms with E-state index in [9.17, 15) is 13.2 Å². The molecule has 0 amide bonds. The fraction of sp³-hybridized carbons (Fsp3) is 0.625. The van der Waals surface area contributed by atoms with Crippen LogP contribution in [0, 0.1) is 0 Å². The highest BCUT2D eigenvalue weighted by atomic mass is 19.4. The SMILES string of the molecule is CCNC(COCC(F)(F)F)Cc1ccc(C(C)C)cc1. The lowest BCUT2D eigenvalue weighted by molar-refractivity contribution is -0.175. The molecule has 0 aliphatic heterocycles. The second kappa shape index (κ2) is 8.39. The monoisotopic (exact) mass is 303 g/mol. The first-order chi connectivity index (χ1) is 9.81. The summed E-state index contributed by atoms with van der Waals surface area (Å²) in [6.07, 6.45) is -3.61. The van der Waals surface area contributed by atoms with Crippen molar-refractivity contribution in [2.24, 2.45) is 0 Å². The number of nitrogens with one attached hydrogen (secondary N) is 1. The van der Waals surface area contributed by atoms with Gasteiger partial charge in [0.2, 0.25) is 0 Å². The van der Waals surface area contributed by atoms with Gasteiger partial charge in [0, 0.05) is 6.04 Å². The number of benzene rings is 1. The Bertz CT molecular complexity index is 401. The summed E-state index contributed by atoms with van der Waals surface area (Å²) < 4.78 is 41.0. The maximum absolute atomic E-state index is 12.1. The van der Waals surface area contributed by atoms with Gasteiger partial charge >= 0.3 is 6.18 Å². The van der Waals surface area contributed by atoms with E-state index in [0.29, 0.717) is 18.9 Å². The average molecular weight is 303 g/mol. The van der Waals surface area contributed by atoms with Crippen molar-refractivity contribution < 1.29 is 17.9 Å². The zero-order valence-corrected chi connectivity index (χ0v) is 12.8. The fourth-order valence-corrected chi connectivity index (χ4v) is 2.12. The van der Waals surface area contributed by atoms with Crippen LogP contribution in [0.25, 0.3) is 0 Å². The van der Waals surface area contributed by atoms with Crippen LogP contribution in [0.4, 0.5) is 13.2 Å². The molecule has 0 radical (unpaired) electrons. The van der Waals surface area contributed by atoms with Crippen LogP contribution >= 0.6 is 0 Å². The highest BCUT2D eigenvalue weighted by Crippen LogP contribution is 2.17. The van der Waals surface area contributed by atoms with Crippen molar-refractivity contribution in [3.05, 3.63) is 35.4 Å². The molecule has 1 aromatic carbocycles. The summed E-state index contributed by atoms with van der Waals surface area (Å²) in [7, 11) is 0. The third-order valence-electron chi connectivity index (χ3n) is 3.21. The van der Waals surface area contributed by atoms with Crippen molar-refractivity contribution in [1.82, 2.24) is 5.32 Å². The number of ether oxygens (including phenoxy) is 1. The first-order valence-electron chi connectivity index (χ1n) is 7.28. The van der Waals surface area contributed by atoms with Crippen molar-refractivity contribution in [1.29, 1.82) is 0 Å². The number of alkyl halides is 3. The Hall–Kier alpha value is -1.07. The fourth-order valence-electron chi connectivity index (χ4n) is 2.12. The van der Waals surface area contributed by atoms with Gasteiger partial charge in [0.15, 0.2) is 0 Å². The molecule has 2 nitrogen and oxygen atoms in total. The average Bonchev–Trinajstić information content (AvgIpc) is 2.38. The number of hydrogen-bond acceptors (Lipinski definition) is 2. The molecule has 0 aromatic heterocycles. The van der Waals surface area contributed by atoms with Crippen LogP contribution in [0.15, 0.2) is 24.3 Å². The standard InChI is InChI=1S/C16H24F3NO/c1-4-20-15(10-21-11-16(17,18)19)9-13-5-7-14(8-6-13)12(2)3/h5-8,12,15,20H,4,9-11H2,1-3H3. The van der Waals surface area contributed by atoms with Gasteiger partial charge in [-0.05, 0) is 30.0 Å². The Labute approximate surface area is 124 Å². The zero-order chi connectivity index (χ0) is 15.9. The number of rotatable bonds is 8. The predicted octanol–water partition coefficient (Wildman–Crippen LogP) is 3.91. The maximum Gasteiger partial charge on any atom is 0.411 e. The Morgan fingerprint density at radius 1 is 1.14 bits per heavy atom. The summed E-state index contributed by atoms with van der Waals surface area (Å²) in [6, 6.07) is 8.09. The second-order valence-electron chi connectivity index (χ2n) is 5.49. The molecule has 1 rings (SSSR count). The van der Waals surface area contributed by atoms with Gasteiger partial charge in [-0.25, -0.2) is 0 Å². The van der Waals surface area contributed by atoms with E-state index in [0.717, 1.165) is 5.56 Å². The van der Waals surface area contributed by atoms with Crippen LogP contribution in [0.3, 0.4) is 0 Å². The topological polar surface area (TPSA) is 21.3 Å². The van der Waals surface area contributed by atoms with Crippen molar-refractivity contribution >= 4 is 0 Å². The first-order valence-corrected chi connectivity index (χ1v) is 7.28. The lowest BCUT2D eigenvalue weighted by Gasteiger charge is -2.19. The van der Waals surface area contributed by atoms with E-state index in [1.165, 1.54) is 5.56 Å². The third-order valence-corrected chi connectivity index (χ3v) is 3.21. The highest BCUT2D eigenvalue weighted by Gasteiger charge is 2.27. The van der Waals surface area contributed by atoms with Gasteiger partial charge in [0.05, 0.1) is 6.61 Å². The number of likely N-dealkylation sites (N-methyl/N-ethyl adjacent to an activating group) is 1. The molecule has 0 heterocycles. The van der Waals surface area contributed by atoms with E-state index in [-0.39, 0.29) is 12.6 Å². The molecule has 1 unspecified atom stereocenters. The van der Waals surface area contributed by atoms with E-state index in [2.05, 4.69) is 31.3 Å². The molecule has 0 spiro atoms. The van der Waals surface area contributed by atoms with E-state index < -0.39 is 12.8 Å². The molecule has 0 aliphatic rings. The molecule has 5 heteroatoms. The predicted molar refractivity (Wildman–Crippen MR) is 78.6 cm³/mol. The quantitative estimate of drug-likeness (QED) is 0.786. The molecule has 1 N–H and O–H groups in total. The minimum Gasteiger partial charge on any atom is -0.370 e. The van der Waals surface area contributed by atoms with E-state index in [1.807, 2.05) is 19.1 Å². The van der Waals surface area contributed by atoms with Gasteiger partial charge in [-0.1, -0.05) is 45.0 Å². The van der Waals surface area contributed by atoms with Crippen LogP contribution in [0.1, 0.15) is 37.8 Å². The van der Waals surface area contributed by atoms with Gasteiger partial charge in [0.1, 0.15) is 6.61 Å². The van der Waals surface area contributed by atoms with Gasteiger partial charge in [-0.2, -0.15) is 13.2 Å². The van der Waals surface area contributed by atoms with Gasteiger partial charge in [-0.3, -0.25) is 0 Å². The molecule has 0 saturated heterocycles. The molecule has 0 aliphatic carbocycles. The molecule has 0 saturated carbocycles. The van der Waals surface area contributed by atoms with Crippen molar-refractivity contribution in [3.63, 3.8) is 0 Å². The summed E-state index contributed by atoms with van der Waals surface area (Å²) in [5, 5.41) is 3.16.